The Labute approximate surface area is 102 Å². The fourth-order valence-electron chi connectivity index (χ4n) is 1.33. The largest absolute Gasteiger partial charge is 0.409 e. The van der Waals surface area contributed by atoms with Gasteiger partial charge in [0.2, 0.25) is 5.91 Å². The van der Waals surface area contributed by atoms with Gasteiger partial charge < -0.3 is 22.0 Å². The zero-order valence-corrected chi connectivity index (χ0v) is 10.1. The third-order valence-corrected chi connectivity index (χ3v) is 2.27. The molecule has 0 saturated carbocycles. The first kappa shape index (κ1) is 16.5. The molecule has 0 radical (unpaired) electrons. The van der Waals surface area contributed by atoms with Crippen LogP contribution in [0.2, 0.25) is 0 Å². The van der Waals surface area contributed by atoms with E-state index in [1.165, 1.54) is 13.8 Å². The highest BCUT2D eigenvalue weighted by Gasteiger charge is 2.43. The van der Waals surface area contributed by atoms with Crippen molar-refractivity contribution in [2.75, 3.05) is 6.54 Å². The molecule has 0 spiro atoms. The SMILES string of the molecule is CC(C)(CC(N)=O)NCC(C(N)=NO)C(F)(F)F. The van der Waals surface area contributed by atoms with E-state index < -0.39 is 35.9 Å². The molecule has 9 heteroatoms. The molecular formula is C9H17F3N4O2. The van der Waals surface area contributed by atoms with Gasteiger partial charge in [-0.15, -0.1) is 0 Å². The van der Waals surface area contributed by atoms with Crippen LogP contribution in [0.5, 0.6) is 0 Å². The number of halogens is 3. The summed E-state index contributed by atoms with van der Waals surface area (Å²) < 4.78 is 37.8. The second-order valence-corrected chi connectivity index (χ2v) is 4.53. The van der Waals surface area contributed by atoms with Gasteiger partial charge in [0.15, 0.2) is 5.84 Å². The van der Waals surface area contributed by atoms with Gasteiger partial charge >= 0.3 is 6.18 Å². The number of carbonyl (C=O) groups is 1. The minimum atomic E-state index is -4.65. The van der Waals surface area contributed by atoms with Crippen LogP contribution in [0.4, 0.5) is 13.2 Å². The molecule has 1 unspecified atom stereocenters. The Bertz CT molecular complexity index is 328. The number of oxime groups is 1. The number of alkyl halides is 3. The molecule has 0 saturated heterocycles. The number of amidine groups is 1. The number of nitrogens with zero attached hydrogens (tertiary/aromatic N) is 1. The van der Waals surface area contributed by atoms with Crippen molar-refractivity contribution >= 4 is 11.7 Å². The number of hydrogen-bond donors (Lipinski definition) is 4. The normalized spacial score (nSPS) is 15.5. The van der Waals surface area contributed by atoms with E-state index >= 15 is 0 Å². The van der Waals surface area contributed by atoms with E-state index in [0.29, 0.717) is 0 Å². The Morgan fingerprint density at radius 2 is 1.89 bits per heavy atom. The molecule has 0 aromatic heterocycles. The molecule has 18 heavy (non-hydrogen) atoms. The maximum atomic E-state index is 12.6. The van der Waals surface area contributed by atoms with E-state index in [-0.39, 0.29) is 6.42 Å². The number of nitrogens with two attached hydrogens (primary N) is 2. The molecule has 6 nitrogen and oxygen atoms in total. The standard InChI is InChI=1S/C9H17F3N4O2/c1-8(2,3-6(13)17)15-4-5(7(14)16-18)9(10,11)12/h5,15,18H,3-4H2,1-2H3,(H2,13,17)(H2,14,16). The van der Waals surface area contributed by atoms with Crippen molar-refractivity contribution < 1.29 is 23.2 Å². The van der Waals surface area contributed by atoms with Crippen LogP contribution < -0.4 is 16.8 Å². The van der Waals surface area contributed by atoms with Gasteiger partial charge in [-0.3, -0.25) is 4.79 Å². The third kappa shape index (κ3) is 5.71. The van der Waals surface area contributed by atoms with Gasteiger partial charge in [-0.1, -0.05) is 5.16 Å². The predicted molar refractivity (Wildman–Crippen MR) is 58.8 cm³/mol. The molecule has 0 fully saturated rings. The first-order valence-electron chi connectivity index (χ1n) is 5.07. The zero-order valence-electron chi connectivity index (χ0n) is 10.1. The van der Waals surface area contributed by atoms with Crippen molar-refractivity contribution in [3.8, 4) is 0 Å². The van der Waals surface area contributed by atoms with Crippen molar-refractivity contribution in [1.82, 2.24) is 5.32 Å². The van der Waals surface area contributed by atoms with Gasteiger partial charge in [-0.05, 0) is 13.8 Å². The van der Waals surface area contributed by atoms with Gasteiger partial charge in [-0.25, -0.2) is 0 Å². The van der Waals surface area contributed by atoms with E-state index in [2.05, 4.69) is 10.5 Å². The molecule has 0 aliphatic rings. The quantitative estimate of drug-likeness (QED) is 0.238. The summed E-state index contributed by atoms with van der Waals surface area (Å²) >= 11 is 0. The number of hydrogen-bond acceptors (Lipinski definition) is 4. The Morgan fingerprint density at radius 3 is 2.22 bits per heavy atom. The van der Waals surface area contributed by atoms with Crippen molar-refractivity contribution in [2.45, 2.75) is 32.0 Å². The molecule has 1 amide bonds. The van der Waals surface area contributed by atoms with Gasteiger partial charge in [0.05, 0.1) is 0 Å². The average molecular weight is 270 g/mol. The lowest BCUT2D eigenvalue weighted by Crippen LogP contribution is -2.50. The minimum absolute atomic E-state index is 0.131. The predicted octanol–water partition coefficient (Wildman–Crippen LogP) is 0.155. The Morgan fingerprint density at radius 1 is 1.39 bits per heavy atom. The molecule has 0 rings (SSSR count). The Kier molecular flexibility index (Phi) is 5.40. The number of amides is 1. The summed E-state index contributed by atoms with van der Waals surface area (Å²) in [5.74, 6) is -3.71. The highest BCUT2D eigenvalue weighted by molar-refractivity contribution is 5.83. The van der Waals surface area contributed by atoms with Crippen molar-refractivity contribution in [3.05, 3.63) is 0 Å². The number of carbonyl (C=O) groups excluding carboxylic acids is 1. The molecule has 0 bridgehead atoms. The van der Waals surface area contributed by atoms with Crippen LogP contribution in [-0.2, 0) is 4.79 Å². The summed E-state index contributed by atoms with van der Waals surface area (Å²) in [6.07, 6.45) is -4.78. The number of primary amides is 1. The highest BCUT2D eigenvalue weighted by Crippen LogP contribution is 2.26. The summed E-state index contributed by atoms with van der Waals surface area (Å²) in [6, 6.07) is 0. The average Bonchev–Trinajstić information content (AvgIpc) is 2.12. The van der Waals surface area contributed by atoms with Crippen LogP contribution in [-0.4, -0.2) is 35.2 Å². The van der Waals surface area contributed by atoms with E-state index in [1.54, 1.807) is 0 Å². The van der Waals surface area contributed by atoms with Crippen LogP contribution in [0.3, 0.4) is 0 Å². The topological polar surface area (TPSA) is 114 Å². The molecular weight excluding hydrogens is 253 g/mol. The molecule has 6 N–H and O–H groups in total. The fraction of sp³-hybridized carbons (Fsp3) is 0.778. The molecule has 106 valence electrons. The monoisotopic (exact) mass is 270 g/mol. The van der Waals surface area contributed by atoms with E-state index in [4.69, 9.17) is 16.7 Å². The summed E-state index contributed by atoms with van der Waals surface area (Å²) in [4.78, 5) is 10.7. The van der Waals surface area contributed by atoms with Gasteiger partial charge in [0.25, 0.3) is 0 Å². The first-order chi connectivity index (χ1) is 7.99. The second-order valence-electron chi connectivity index (χ2n) is 4.53. The smallest absolute Gasteiger partial charge is 0.400 e. The van der Waals surface area contributed by atoms with Gasteiger partial charge in [0.1, 0.15) is 5.92 Å². The molecule has 1 atom stereocenters. The lowest BCUT2D eigenvalue weighted by molar-refractivity contribution is -0.155. The van der Waals surface area contributed by atoms with Gasteiger partial charge in [0, 0.05) is 18.5 Å². The summed E-state index contributed by atoms with van der Waals surface area (Å²) in [7, 11) is 0. The maximum Gasteiger partial charge on any atom is 0.400 e. The Balaban J connectivity index is 4.68. The van der Waals surface area contributed by atoms with Crippen LogP contribution in [0, 0.1) is 5.92 Å². The summed E-state index contributed by atoms with van der Waals surface area (Å²) in [6.45, 7) is 2.44. The molecule has 0 aliphatic heterocycles. The maximum absolute atomic E-state index is 12.6. The molecule has 0 aromatic carbocycles. The number of rotatable bonds is 6. The lowest BCUT2D eigenvalue weighted by atomic mass is 9.98. The van der Waals surface area contributed by atoms with Crippen LogP contribution in [0.1, 0.15) is 20.3 Å². The molecule has 0 aromatic rings. The van der Waals surface area contributed by atoms with E-state index in [9.17, 15) is 18.0 Å². The summed E-state index contributed by atoms with van der Waals surface area (Å²) in [5.41, 5.74) is 9.04. The second kappa shape index (κ2) is 5.89. The molecule has 0 heterocycles. The Hall–Kier alpha value is -1.51. The van der Waals surface area contributed by atoms with Crippen molar-refractivity contribution in [3.63, 3.8) is 0 Å². The third-order valence-electron chi connectivity index (χ3n) is 2.27. The summed E-state index contributed by atoms with van der Waals surface area (Å²) in [5, 5.41) is 13.2. The van der Waals surface area contributed by atoms with Crippen LogP contribution in [0.15, 0.2) is 5.16 Å². The highest BCUT2D eigenvalue weighted by atomic mass is 19.4. The van der Waals surface area contributed by atoms with E-state index in [0.717, 1.165) is 0 Å². The van der Waals surface area contributed by atoms with Crippen molar-refractivity contribution in [1.29, 1.82) is 0 Å². The number of nitrogens with one attached hydrogen (secondary N) is 1. The first-order valence-corrected chi connectivity index (χ1v) is 5.07. The lowest BCUT2D eigenvalue weighted by Gasteiger charge is -2.28. The van der Waals surface area contributed by atoms with Crippen LogP contribution >= 0.6 is 0 Å². The van der Waals surface area contributed by atoms with E-state index in [1.807, 2.05) is 0 Å². The minimum Gasteiger partial charge on any atom is -0.409 e. The van der Waals surface area contributed by atoms with Gasteiger partial charge in [-0.2, -0.15) is 13.2 Å². The molecule has 0 aliphatic carbocycles. The fourth-order valence-corrected chi connectivity index (χ4v) is 1.33. The van der Waals surface area contributed by atoms with Crippen molar-refractivity contribution in [2.24, 2.45) is 22.5 Å². The zero-order chi connectivity index (χ0) is 14.6. The van der Waals surface area contributed by atoms with Crippen LogP contribution in [0.25, 0.3) is 0 Å².